The van der Waals surface area contributed by atoms with E-state index >= 15 is 0 Å². The molecule has 1 nitrogen and oxygen atoms in total. The van der Waals surface area contributed by atoms with Gasteiger partial charge in [0.25, 0.3) is 0 Å². The van der Waals surface area contributed by atoms with Crippen molar-refractivity contribution in [3.63, 3.8) is 0 Å². The van der Waals surface area contributed by atoms with Crippen molar-refractivity contribution in [2.24, 2.45) is 0 Å². The number of ether oxygens (including phenoxy) is 1. The maximum atomic E-state index is 12.2. The van der Waals surface area contributed by atoms with Crippen LogP contribution in [0, 0.1) is 0 Å². The molecule has 3 aromatic carbocycles. The third kappa shape index (κ3) is 3.97. The highest BCUT2D eigenvalue weighted by atomic mass is 31.1. The number of rotatable bonds is 6. The third-order valence-corrected chi connectivity index (χ3v) is 5.91. The van der Waals surface area contributed by atoms with E-state index in [1.54, 1.807) is 0 Å². The van der Waals surface area contributed by atoms with Gasteiger partial charge in [-0.1, -0.05) is 72.8 Å². The molecular formula is C20H18FOP. The van der Waals surface area contributed by atoms with Crippen LogP contribution in [-0.2, 0) is 0 Å². The van der Waals surface area contributed by atoms with Crippen molar-refractivity contribution in [3.8, 4) is 5.75 Å². The van der Waals surface area contributed by atoms with Gasteiger partial charge < -0.3 is 4.74 Å². The molecule has 0 spiro atoms. The lowest BCUT2D eigenvalue weighted by Gasteiger charge is -2.19. The normalized spacial score (nSPS) is 10.7. The Labute approximate surface area is 137 Å². The number of benzene rings is 3. The zero-order chi connectivity index (χ0) is 15.9. The van der Waals surface area contributed by atoms with Gasteiger partial charge in [0.2, 0.25) is 0 Å². The zero-order valence-electron chi connectivity index (χ0n) is 12.7. The molecule has 0 radical (unpaired) electrons. The highest BCUT2D eigenvalue weighted by Crippen LogP contribution is 2.33. The predicted octanol–water partition coefficient (Wildman–Crippen LogP) is 3.79. The Hall–Kier alpha value is -2.18. The van der Waals surface area contributed by atoms with E-state index in [2.05, 4.69) is 60.7 Å². The van der Waals surface area contributed by atoms with Crippen LogP contribution < -0.4 is 20.7 Å². The Morgan fingerprint density at radius 1 is 0.652 bits per heavy atom. The van der Waals surface area contributed by atoms with Gasteiger partial charge in [-0.2, -0.15) is 0 Å². The largest absolute Gasteiger partial charge is 0.491 e. The second-order valence-electron chi connectivity index (χ2n) is 5.04. The first-order chi connectivity index (χ1) is 11.4. The molecule has 3 aromatic rings. The van der Waals surface area contributed by atoms with Gasteiger partial charge in [-0.05, 0) is 36.0 Å². The van der Waals surface area contributed by atoms with Gasteiger partial charge >= 0.3 is 0 Å². The van der Waals surface area contributed by atoms with E-state index in [4.69, 9.17) is 4.74 Å². The molecule has 3 rings (SSSR count). The van der Waals surface area contributed by atoms with E-state index in [-0.39, 0.29) is 6.61 Å². The fourth-order valence-corrected chi connectivity index (χ4v) is 4.73. The standard InChI is InChI=1S/C20H18FOP/c21-15-16-22-17-11-13-20(14-12-17)23(18-7-3-1-4-8-18)19-9-5-2-6-10-19/h1-14H,15-16H2/i21-1. The summed E-state index contributed by atoms with van der Waals surface area (Å²) in [5, 5.41) is 3.88. The van der Waals surface area contributed by atoms with E-state index in [0.717, 1.165) is 0 Å². The lowest BCUT2D eigenvalue weighted by molar-refractivity contribution is 0.273. The molecule has 0 saturated carbocycles. The summed E-state index contributed by atoms with van der Waals surface area (Å²) in [6.07, 6.45) is 0. The first-order valence-corrected chi connectivity index (χ1v) is 8.92. The van der Waals surface area contributed by atoms with Crippen LogP contribution in [0.1, 0.15) is 0 Å². The first kappa shape index (κ1) is 15.7. The quantitative estimate of drug-likeness (QED) is 0.627. The number of halogens is 1. The van der Waals surface area contributed by atoms with Gasteiger partial charge in [0, 0.05) is 0 Å². The van der Waals surface area contributed by atoms with Crippen LogP contribution >= 0.6 is 7.92 Å². The van der Waals surface area contributed by atoms with E-state index < -0.39 is 14.6 Å². The van der Waals surface area contributed by atoms with Gasteiger partial charge in [0.1, 0.15) is 19.0 Å². The molecule has 0 atom stereocenters. The second kappa shape index (κ2) is 7.89. The molecule has 0 unspecified atom stereocenters. The van der Waals surface area contributed by atoms with Crippen LogP contribution in [0.3, 0.4) is 0 Å². The molecule has 0 aliphatic rings. The minimum Gasteiger partial charge on any atom is -0.491 e. The third-order valence-electron chi connectivity index (χ3n) is 3.47. The highest BCUT2D eigenvalue weighted by molar-refractivity contribution is 7.79. The summed E-state index contributed by atoms with van der Waals surface area (Å²) in [5.74, 6) is 0.711. The Bertz CT molecular complexity index is 674. The minimum atomic E-state index is -0.601. The maximum Gasteiger partial charge on any atom is 0.123 e. The van der Waals surface area contributed by atoms with Crippen molar-refractivity contribution in [1.82, 2.24) is 0 Å². The molecule has 0 amide bonds. The van der Waals surface area contributed by atoms with Crippen LogP contribution in [0.4, 0.5) is 4.39 Å². The summed E-state index contributed by atoms with van der Waals surface area (Å²) in [4.78, 5) is 0. The summed E-state index contributed by atoms with van der Waals surface area (Å²) < 4.78 is 17.5. The topological polar surface area (TPSA) is 9.23 Å². The SMILES string of the molecule is [18F]CCOc1ccc(P(c2ccccc2)c2ccccc2)cc1. The van der Waals surface area contributed by atoms with Crippen molar-refractivity contribution < 1.29 is 9.13 Å². The molecule has 0 saturated heterocycles. The fraction of sp³-hybridized carbons (Fsp3) is 0.100. The van der Waals surface area contributed by atoms with Crippen molar-refractivity contribution in [2.45, 2.75) is 0 Å². The zero-order valence-corrected chi connectivity index (χ0v) is 13.6. The molecule has 0 aliphatic heterocycles. The Balaban J connectivity index is 1.96. The van der Waals surface area contributed by atoms with Crippen LogP contribution in [0.5, 0.6) is 5.75 Å². The fourth-order valence-electron chi connectivity index (χ4n) is 2.45. The smallest absolute Gasteiger partial charge is 0.123 e. The average Bonchev–Trinajstić information content (AvgIpc) is 2.63. The van der Waals surface area contributed by atoms with Crippen molar-refractivity contribution in [1.29, 1.82) is 0 Å². The Morgan fingerprint density at radius 2 is 1.13 bits per heavy atom. The molecule has 0 N–H and O–H groups in total. The Morgan fingerprint density at radius 3 is 1.61 bits per heavy atom. The Kier molecular flexibility index (Phi) is 5.39. The second-order valence-corrected chi connectivity index (χ2v) is 7.26. The summed E-state index contributed by atoms with van der Waals surface area (Å²) in [6, 6.07) is 29.1. The summed E-state index contributed by atoms with van der Waals surface area (Å²) >= 11 is 0. The number of alkyl halides is 1. The van der Waals surface area contributed by atoms with Crippen LogP contribution in [0.25, 0.3) is 0 Å². The summed E-state index contributed by atoms with van der Waals surface area (Å²) in [5.41, 5.74) is 0. The molecule has 3 heteroatoms. The number of hydrogen-bond acceptors (Lipinski definition) is 1. The molecule has 0 bridgehead atoms. The predicted molar refractivity (Wildman–Crippen MR) is 96.6 cm³/mol. The molecule has 23 heavy (non-hydrogen) atoms. The van der Waals surface area contributed by atoms with Crippen molar-refractivity contribution in [2.75, 3.05) is 13.3 Å². The monoisotopic (exact) mass is 323 g/mol. The van der Waals surface area contributed by atoms with E-state index in [1.807, 2.05) is 24.3 Å². The molecule has 0 fully saturated rings. The van der Waals surface area contributed by atoms with Gasteiger partial charge in [0.15, 0.2) is 0 Å². The van der Waals surface area contributed by atoms with Crippen molar-refractivity contribution >= 4 is 23.8 Å². The van der Waals surface area contributed by atoms with E-state index in [0.29, 0.717) is 5.75 Å². The molecule has 116 valence electrons. The van der Waals surface area contributed by atoms with Gasteiger partial charge in [-0.3, -0.25) is 0 Å². The van der Waals surface area contributed by atoms with Crippen LogP contribution in [0.2, 0.25) is 0 Å². The summed E-state index contributed by atoms with van der Waals surface area (Å²) in [7, 11) is -0.601. The average molecular weight is 323 g/mol. The molecule has 0 aliphatic carbocycles. The van der Waals surface area contributed by atoms with Crippen LogP contribution in [0.15, 0.2) is 84.9 Å². The number of hydrogen-bond donors (Lipinski definition) is 0. The van der Waals surface area contributed by atoms with Crippen molar-refractivity contribution in [3.05, 3.63) is 84.9 Å². The lowest BCUT2D eigenvalue weighted by atomic mass is 10.3. The van der Waals surface area contributed by atoms with Gasteiger partial charge in [-0.25, -0.2) is 4.39 Å². The van der Waals surface area contributed by atoms with Gasteiger partial charge in [0.05, 0.1) is 0 Å². The van der Waals surface area contributed by atoms with Gasteiger partial charge in [-0.15, -0.1) is 0 Å². The molecule has 0 heterocycles. The lowest BCUT2D eigenvalue weighted by Crippen LogP contribution is -2.20. The summed E-state index contributed by atoms with van der Waals surface area (Å²) in [6.45, 7) is -0.367. The molecular weight excluding hydrogens is 305 g/mol. The maximum absolute atomic E-state index is 12.2. The van der Waals surface area contributed by atoms with E-state index in [9.17, 15) is 4.39 Å². The van der Waals surface area contributed by atoms with Crippen LogP contribution in [-0.4, -0.2) is 13.3 Å². The molecule has 0 aromatic heterocycles. The highest BCUT2D eigenvalue weighted by Gasteiger charge is 2.15. The first-order valence-electron chi connectivity index (χ1n) is 7.57. The minimum absolute atomic E-state index is 0.103. The van der Waals surface area contributed by atoms with E-state index in [1.165, 1.54) is 15.9 Å².